The van der Waals surface area contributed by atoms with Gasteiger partial charge in [0, 0.05) is 26.7 Å². The number of hydrogen-bond donors (Lipinski definition) is 1. The van der Waals surface area contributed by atoms with Crippen molar-refractivity contribution in [3.63, 3.8) is 0 Å². The molecule has 0 aromatic carbocycles. The SMILES string of the molecule is COCCNCCCN(C)CC1CCN(C)C1. The van der Waals surface area contributed by atoms with Gasteiger partial charge in [-0.25, -0.2) is 0 Å². The van der Waals surface area contributed by atoms with Gasteiger partial charge < -0.3 is 19.9 Å². The molecular formula is C13H29N3O. The second kappa shape index (κ2) is 8.86. The topological polar surface area (TPSA) is 27.7 Å². The van der Waals surface area contributed by atoms with Crippen LogP contribution < -0.4 is 5.32 Å². The maximum atomic E-state index is 4.99. The summed E-state index contributed by atoms with van der Waals surface area (Å²) >= 11 is 0. The number of likely N-dealkylation sites (tertiary alicyclic amines) is 1. The molecule has 1 fully saturated rings. The van der Waals surface area contributed by atoms with Crippen LogP contribution in [0.4, 0.5) is 0 Å². The molecule has 4 heteroatoms. The van der Waals surface area contributed by atoms with E-state index < -0.39 is 0 Å². The Kier molecular flexibility index (Phi) is 7.77. The highest BCUT2D eigenvalue weighted by molar-refractivity contribution is 4.75. The molecule has 1 atom stereocenters. The zero-order chi connectivity index (χ0) is 12.5. The van der Waals surface area contributed by atoms with Crippen molar-refractivity contribution in [2.45, 2.75) is 12.8 Å². The van der Waals surface area contributed by atoms with E-state index in [0.717, 1.165) is 25.6 Å². The van der Waals surface area contributed by atoms with Crippen molar-refractivity contribution in [1.82, 2.24) is 15.1 Å². The van der Waals surface area contributed by atoms with Crippen molar-refractivity contribution in [2.24, 2.45) is 5.92 Å². The van der Waals surface area contributed by atoms with Crippen LogP contribution in [0.25, 0.3) is 0 Å². The first kappa shape index (κ1) is 14.9. The molecule has 17 heavy (non-hydrogen) atoms. The van der Waals surface area contributed by atoms with E-state index in [1.54, 1.807) is 7.11 Å². The molecule has 1 heterocycles. The van der Waals surface area contributed by atoms with E-state index in [0.29, 0.717) is 0 Å². The maximum absolute atomic E-state index is 4.99. The third kappa shape index (κ3) is 6.99. The standard InChI is InChI=1S/C13H29N3O/c1-15(8-4-6-14-7-10-17-3)11-13-5-9-16(2)12-13/h13-14H,4-12H2,1-3H3. The van der Waals surface area contributed by atoms with Crippen molar-refractivity contribution < 1.29 is 4.74 Å². The summed E-state index contributed by atoms with van der Waals surface area (Å²) in [5, 5.41) is 3.38. The van der Waals surface area contributed by atoms with Crippen LogP contribution in [-0.4, -0.2) is 76.9 Å². The van der Waals surface area contributed by atoms with E-state index in [1.807, 2.05) is 0 Å². The lowest BCUT2D eigenvalue weighted by Crippen LogP contribution is -2.30. The van der Waals surface area contributed by atoms with Crippen LogP contribution in [0.2, 0.25) is 0 Å². The Morgan fingerprint density at radius 3 is 2.88 bits per heavy atom. The van der Waals surface area contributed by atoms with Crippen LogP contribution in [0.5, 0.6) is 0 Å². The molecule has 1 rings (SSSR count). The van der Waals surface area contributed by atoms with Crippen molar-refractivity contribution in [2.75, 3.05) is 67.1 Å². The van der Waals surface area contributed by atoms with Gasteiger partial charge in [-0.1, -0.05) is 0 Å². The predicted octanol–water partition coefficient (Wildman–Crippen LogP) is 0.496. The fraction of sp³-hybridized carbons (Fsp3) is 1.00. The third-order valence-corrected chi connectivity index (χ3v) is 3.44. The zero-order valence-electron chi connectivity index (χ0n) is 11.7. The molecule has 1 saturated heterocycles. The van der Waals surface area contributed by atoms with E-state index in [2.05, 4.69) is 29.2 Å². The Hall–Kier alpha value is -0.160. The fourth-order valence-electron chi connectivity index (χ4n) is 2.48. The molecule has 102 valence electrons. The minimum atomic E-state index is 0.810. The van der Waals surface area contributed by atoms with E-state index in [4.69, 9.17) is 4.74 Å². The highest BCUT2D eigenvalue weighted by Crippen LogP contribution is 2.14. The first-order chi connectivity index (χ1) is 8.22. The van der Waals surface area contributed by atoms with Crippen molar-refractivity contribution >= 4 is 0 Å². The van der Waals surface area contributed by atoms with Gasteiger partial charge in [0.1, 0.15) is 0 Å². The molecule has 1 aliphatic rings. The molecule has 0 aromatic heterocycles. The number of ether oxygens (including phenoxy) is 1. The number of rotatable bonds is 9. The minimum Gasteiger partial charge on any atom is -0.383 e. The van der Waals surface area contributed by atoms with Gasteiger partial charge in [-0.2, -0.15) is 0 Å². The average molecular weight is 243 g/mol. The second-order valence-corrected chi connectivity index (χ2v) is 5.28. The van der Waals surface area contributed by atoms with E-state index in [-0.39, 0.29) is 0 Å². The summed E-state index contributed by atoms with van der Waals surface area (Å²) in [7, 11) is 6.21. The second-order valence-electron chi connectivity index (χ2n) is 5.28. The first-order valence-corrected chi connectivity index (χ1v) is 6.79. The number of hydrogen-bond acceptors (Lipinski definition) is 4. The molecule has 0 bridgehead atoms. The molecule has 4 nitrogen and oxygen atoms in total. The number of methoxy groups -OCH3 is 1. The van der Waals surface area contributed by atoms with Crippen LogP contribution in [0.3, 0.4) is 0 Å². The summed E-state index contributed by atoms with van der Waals surface area (Å²) in [4.78, 5) is 4.91. The fourth-order valence-corrected chi connectivity index (χ4v) is 2.48. The molecule has 0 spiro atoms. The lowest BCUT2D eigenvalue weighted by Gasteiger charge is -2.20. The predicted molar refractivity (Wildman–Crippen MR) is 72.5 cm³/mol. The van der Waals surface area contributed by atoms with Gasteiger partial charge in [0.2, 0.25) is 0 Å². The molecule has 1 aliphatic heterocycles. The van der Waals surface area contributed by atoms with E-state index in [9.17, 15) is 0 Å². The number of nitrogens with one attached hydrogen (secondary N) is 1. The Labute approximate surface area is 106 Å². The monoisotopic (exact) mass is 243 g/mol. The third-order valence-electron chi connectivity index (χ3n) is 3.44. The molecule has 0 aliphatic carbocycles. The normalized spacial score (nSPS) is 21.5. The lowest BCUT2D eigenvalue weighted by molar-refractivity contribution is 0.198. The molecule has 0 aromatic rings. The van der Waals surface area contributed by atoms with Gasteiger partial charge >= 0.3 is 0 Å². The summed E-state index contributed by atoms with van der Waals surface area (Å²) in [5.74, 6) is 0.881. The smallest absolute Gasteiger partial charge is 0.0587 e. The summed E-state index contributed by atoms with van der Waals surface area (Å²) in [5.41, 5.74) is 0. The van der Waals surface area contributed by atoms with Crippen LogP contribution in [-0.2, 0) is 4.74 Å². The van der Waals surface area contributed by atoms with E-state index in [1.165, 1.54) is 39.0 Å². The van der Waals surface area contributed by atoms with Gasteiger partial charge in [0.25, 0.3) is 0 Å². The Morgan fingerprint density at radius 1 is 1.41 bits per heavy atom. The molecular weight excluding hydrogens is 214 g/mol. The van der Waals surface area contributed by atoms with Crippen LogP contribution >= 0.6 is 0 Å². The van der Waals surface area contributed by atoms with Gasteiger partial charge in [-0.3, -0.25) is 0 Å². The van der Waals surface area contributed by atoms with Gasteiger partial charge in [0.05, 0.1) is 6.61 Å². The van der Waals surface area contributed by atoms with Crippen LogP contribution in [0.15, 0.2) is 0 Å². The maximum Gasteiger partial charge on any atom is 0.0587 e. The van der Waals surface area contributed by atoms with Crippen molar-refractivity contribution in [3.05, 3.63) is 0 Å². The Bertz CT molecular complexity index is 190. The highest BCUT2D eigenvalue weighted by Gasteiger charge is 2.20. The molecule has 0 saturated carbocycles. The average Bonchev–Trinajstić information content (AvgIpc) is 2.69. The molecule has 0 radical (unpaired) electrons. The molecule has 0 amide bonds. The largest absolute Gasteiger partial charge is 0.383 e. The number of nitrogens with zero attached hydrogens (tertiary/aromatic N) is 2. The minimum absolute atomic E-state index is 0.810. The summed E-state index contributed by atoms with van der Waals surface area (Å²) in [6, 6.07) is 0. The Balaban J connectivity index is 1.92. The van der Waals surface area contributed by atoms with Gasteiger partial charge in [0.15, 0.2) is 0 Å². The van der Waals surface area contributed by atoms with E-state index >= 15 is 0 Å². The molecule has 1 N–H and O–H groups in total. The summed E-state index contributed by atoms with van der Waals surface area (Å²) < 4.78 is 4.99. The highest BCUT2D eigenvalue weighted by atomic mass is 16.5. The summed E-state index contributed by atoms with van der Waals surface area (Å²) in [6.45, 7) is 7.87. The van der Waals surface area contributed by atoms with Gasteiger partial charge in [-0.15, -0.1) is 0 Å². The van der Waals surface area contributed by atoms with Gasteiger partial charge in [-0.05, 0) is 52.5 Å². The zero-order valence-corrected chi connectivity index (χ0v) is 11.7. The molecule has 1 unspecified atom stereocenters. The van der Waals surface area contributed by atoms with Crippen LogP contribution in [0.1, 0.15) is 12.8 Å². The first-order valence-electron chi connectivity index (χ1n) is 6.79. The van der Waals surface area contributed by atoms with Crippen LogP contribution in [0, 0.1) is 5.92 Å². The van der Waals surface area contributed by atoms with Crippen molar-refractivity contribution in [1.29, 1.82) is 0 Å². The quantitative estimate of drug-likeness (QED) is 0.597. The Morgan fingerprint density at radius 2 is 2.24 bits per heavy atom. The lowest BCUT2D eigenvalue weighted by atomic mass is 10.1. The summed E-state index contributed by atoms with van der Waals surface area (Å²) in [6.07, 6.45) is 2.59. The van der Waals surface area contributed by atoms with Crippen molar-refractivity contribution in [3.8, 4) is 0 Å².